The molecule has 1 aromatic carbocycles. The third-order valence-electron chi connectivity index (χ3n) is 2.82. The molecule has 0 aliphatic rings. The summed E-state index contributed by atoms with van der Waals surface area (Å²) in [5, 5.41) is 1.50. The summed E-state index contributed by atoms with van der Waals surface area (Å²) in [4.78, 5) is 0. The summed E-state index contributed by atoms with van der Waals surface area (Å²) in [6.45, 7) is 10.8. The molecule has 0 heterocycles. The van der Waals surface area contributed by atoms with Crippen molar-refractivity contribution in [3.05, 3.63) is 36.4 Å². The van der Waals surface area contributed by atoms with Gasteiger partial charge in [0, 0.05) is 0 Å². The maximum atomic E-state index is 5.22. The van der Waals surface area contributed by atoms with Crippen LogP contribution in [-0.2, 0) is 0 Å². The van der Waals surface area contributed by atoms with Crippen molar-refractivity contribution in [3.63, 3.8) is 0 Å². The van der Waals surface area contributed by atoms with Gasteiger partial charge in [-0.05, 0) is 30.7 Å². The normalized spacial score (nSPS) is 11.2. The van der Waals surface area contributed by atoms with Gasteiger partial charge >= 0.3 is 0 Å². The van der Waals surface area contributed by atoms with Gasteiger partial charge in [-0.15, -0.1) is 6.58 Å². The zero-order chi connectivity index (χ0) is 11.5. The number of ether oxygens (including phenoxy) is 1. The molecule has 0 aliphatic carbocycles. The minimum Gasteiger partial charge on any atom is -0.497 e. The molecule has 1 rings (SSSR count). The van der Waals surface area contributed by atoms with Crippen LogP contribution in [0.3, 0.4) is 0 Å². The van der Waals surface area contributed by atoms with E-state index < -0.39 is 8.07 Å². The fraction of sp³-hybridized carbons (Fsp3) is 0.385. The Morgan fingerprint density at radius 3 is 2.53 bits per heavy atom. The van der Waals surface area contributed by atoms with Gasteiger partial charge in [0.25, 0.3) is 0 Å². The molecular formula is C13H20OSi. The first-order chi connectivity index (χ1) is 7.01. The van der Waals surface area contributed by atoms with E-state index in [2.05, 4.69) is 44.8 Å². The predicted molar refractivity (Wildman–Crippen MR) is 69.9 cm³/mol. The lowest BCUT2D eigenvalue weighted by atomic mass is 10.2. The molecule has 0 spiro atoms. The minimum atomic E-state index is -1.33. The highest BCUT2D eigenvalue weighted by Crippen LogP contribution is 2.17. The van der Waals surface area contributed by atoms with Gasteiger partial charge in [-0.2, -0.15) is 0 Å². The van der Waals surface area contributed by atoms with Crippen LogP contribution in [0.2, 0.25) is 19.1 Å². The maximum absolute atomic E-state index is 5.22. The quantitative estimate of drug-likeness (QED) is 0.559. The first-order valence-corrected chi connectivity index (χ1v) is 8.48. The van der Waals surface area contributed by atoms with Crippen molar-refractivity contribution < 1.29 is 4.74 Å². The fourth-order valence-corrected chi connectivity index (χ4v) is 4.61. The lowest BCUT2D eigenvalue weighted by Gasteiger charge is -2.23. The van der Waals surface area contributed by atoms with E-state index in [9.17, 15) is 0 Å². The van der Waals surface area contributed by atoms with Gasteiger partial charge < -0.3 is 4.74 Å². The van der Waals surface area contributed by atoms with E-state index in [1.165, 1.54) is 10.8 Å². The SMILES string of the molecule is C=CC[Si](C)(C)c1ccc(OC)cc1C. The first kappa shape index (κ1) is 12.0. The Bertz CT molecular complexity index is 356. The summed E-state index contributed by atoms with van der Waals surface area (Å²) in [5.41, 5.74) is 1.34. The van der Waals surface area contributed by atoms with Gasteiger partial charge in [-0.3, -0.25) is 0 Å². The molecule has 0 aromatic heterocycles. The Balaban J connectivity index is 3.09. The Morgan fingerprint density at radius 1 is 1.40 bits per heavy atom. The largest absolute Gasteiger partial charge is 0.497 e. The number of rotatable bonds is 4. The highest BCUT2D eigenvalue weighted by atomic mass is 28.3. The second-order valence-corrected chi connectivity index (χ2v) is 9.27. The Labute approximate surface area is 93.8 Å². The molecule has 0 saturated heterocycles. The maximum Gasteiger partial charge on any atom is 0.119 e. The Morgan fingerprint density at radius 2 is 2.07 bits per heavy atom. The van der Waals surface area contributed by atoms with Crippen LogP contribution in [0, 0.1) is 6.92 Å². The average molecular weight is 220 g/mol. The molecule has 82 valence electrons. The van der Waals surface area contributed by atoms with Crippen LogP contribution in [0.15, 0.2) is 30.9 Å². The summed E-state index contributed by atoms with van der Waals surface area (Å²) < 4.78 is 5.22. The second-order valence-electron chi connectivity index (χ2n) is 4.56. The van der Waals surface area contributed by atoms with Crippen LogP contribution >= 0.6 is 0 Å². The molecule has 0 N–H and O–H groups in total. The van der Waals surface area contributed by atoms with Crippen LogP contribution in [0.25, 0.3) is 0 Å². The van der Waals surface area contributed by atoms with Crippen molar-refractivity contribution in [1.82, 2.24) is 0 Å². The lowest BCUT2D eigenvalue weighted by molar-refractivity contribution is 0.414. The standard InChI is InChI=1S/C13H20OSi/c1-6-9-15(4,5)13-8-7-12(14-3)10-11(13)2/h6-8,10H,1,9H2,2-5H3. The van der Waals surface area contributed by atoms with E-state index in [0.717, 1.165) is 11.8 Å². The number of hydrogen-bond acceptors (Lipinski definition) is 1. The average Bonchev–Trinajstić information content (AvgIpc) is 2.17. The summed E-state index contributed by atoms with van der Waals surface area (Å²) in [7, 11) is 0.376. The van der Waals surface area contributed by atoms with Crippen LogP contribution in [0.1, 0.15) is 5.56 Å². The third-order valence-corrected chi connectivity index (χ3v) is 6.15. The molecule has 0 atom stereocenters. The third kappa shape index (κ3) is 2.72. The fourth-order valence-electron chi connectivity index (χ4n) is 1.99. The molecule has 0 radical (unpaired) electrons. The van der Waals surface area contributed by atoms with Crippen LogP contribution in [0.5, 0.6) is 5.75 Å². The van der Waals surface area contributed by atoms with E-state index >= 15 is 0 Å². The van der Waals surface area contributed by atoms with Crippen molar-refractivity contribution in [2.24, 2.45) is 0 Å². The van der Waals surface area contributed by atoms with Gasteiger partial charge in [0.2, 0.25) is 0 Å². The highest BCUT2D eigenvalue weighted by molar-refractivity contribution is 6.90. The number of benzene rings is 1. The van der Waals surface area contributed by atoms with E-state index in [0.29, 0.717) is 0 Å². The van der Waals surface area contributed by atoms with Crippen molar-refractivity contribution >= 4 is 13.3 Å². The summed E-state index contributed by atoms with van der Waals surface area (Å²) in [6.07, 6.45) is 2.04. The zero-order valence-corrected chi connectivity index (χ0v) is 11.1. The van der Waals surface area contributed by atoms with Gasteiger partial charge in [-0.25, -0.2) is 0 Å². The molecule has 0 aliphatic heterocycles. The van der Waals surface area contributed by atoms with Crippen LogP contribution in [0.4, 0.5) is 0 Å². The molecule has 1 aromatic rings. The molecule has 0 amide bonds. The minimum absolute atomic E-state index is 0.944. The van der Waals surface area contributed by atoms with E-state index in [-0.39, 0.29) is 0 Å². The number of methoxy groups -OCH3 is 1. The molecule has 2 heteroatoms. The van der Waals surface area contributed by atoms with E-state index in [1.54, 1.807) is 7.11 Å². The molecule has 0 saturated carbocycles. The molecule has 15 heavy (non-hydrogen) atoms. The second kappa shape index (κ2) is 4.66. The number of allylic oxidation sites excluding steroid dienone is 1. The first-order valence-electron chi connectivity index (χ1n) is 5.27. The summed E-state index contributed by atoms with van der Waals surface area (Å²) in [6, 6.07) is 7.51. The summed E-state index contributed by atoms with van der Waals surface area (Å²) in [5.74, 6) is 0.944. The summed E-state index contributed by atoms with van der Waals surface area (Å²) >= 11 is 0. The topological polar surface area (TPSA) is 9.23 Å². The van der Waals surface area contributed by atoms with Crippen LogP contribution in [-0.4, -0.2) is 15.2 Å². The lowest BCUT2D eigenvalue weighted by Crippen LogP contribution is -2.42. The molecular weight excluding hydrogens is 200 g/mol. The molecule has 0 fully saturated rings. The smallest absolute Gasteiger partial charge is 0.119 e. The number of hydrogen-bond donors (Lipinski definition) is 0. The Hall–Kier alpha value is -1.02. The van der Waals surface area contributed by atoms with E-state index in [1.807, 2.05) is 6.08 Å². The van der Waals surface area contributed by atoms with Crippen molar-refractivity contribution in [2.75, 3.05) is 7.11 Å². The molecule has 0 unspecified atom stereocenters. The van der Waals surface area contributed by atoms with Gasteiger partial charge in [0.15, 0.2) is 0 Å². The van der Waals surface area contributed by atoms with Crippen molar-refractivity contribution in [1.29, 1.82) is 0 Å². The Kier molecular flexibility index (Phi) is 3.75. The molecule has 0 bridgehead atoms. The number of aryl methyl sites for hydroxylation is 1. The van der Waals surface area contributed by atoms with E-state index in [4.69, 9.17) is 4.74 Å². The monoisotopic (exact) mass is 220 g/mol. The van der Waals surface area contributed by atoms with Crippen LogP contribution < -0.4 is 9.92 Å². The predicted octanol–water partition coefficient (Wildman–Crippen LogP) is 3.11. The van der Waals surface area contributed by atoms with Crippen molar-refractivity contribution in [3.8, 4) is 5.75 Å². The highest BCUT2D eigenvalue weighted by Gasteiger charge is 2.23. The van der Waals surface area contributed by atoms with Gasteiger partial charge in [-0.1, -0.05) is 30.4 Å². The molecule has 1 nitrogen and oxygen atoms in total. The van der Waals surface area contributed by atoms with Gasteiger partial charge in [0.05, 0.1) is 15.2 Å². The zero-order valence-electron chi connectivity index (χ0n) is 10.1. The van der Waals surface area contributed by atoms with Crippen molar-refractivity contribution in [2.45, 2.75) is 26.1 Å². The van der Waals surface area contributed by atoms with Gasteiger partial charge in [0.1, 0.15) is 5.75 Å².